The monoisotopic (exact) mass is 530 g/mol. The van der Waals surface area contributed by atoms with Crippen molar-refractivity contribution in [2.45, 2.75) is 61.9 Å². The number of unbranched alkanes of at least 4 members (excludes halogenated alkanes) is 3. The minimum Gasteiger partial charge on any atom is -0.345 e. The van der Waals surface area contributed by atoms with Crippen molar-refractivity contribution in [3.63, 3.8) is 0 Å². The molecule has 0 bridgehead atoms. The molecule has 2 heterocycles. The molecule has 16 nitrogen and oxygen atoms in total. The molecule has 2 aliphatic heterocycles. The molecule has 0 aromatic rings. The predicted octanol–water partition coefficient (Wildman–Crippen LogP) is -1.89. The highest BCUT2D eigenvalue weighted by atomic mass is 32.2. The van der Waals surface area contributed by atoms with Gasteiger partial charge in [0.15, 0.2) is 10.5 Å². The van der Waals surface area contributed by atoms with Crippen LogP contribution in [0.3, 0.4) is 0 Å². The van der Waals surface area contributed by atoms with Gasteiger partial charge in [0.05, 0.1) is 12.8 Å². The lowest BCUT2D eigenvalue weighted by atomic mass is 10.1. The molecule has 2 N–H and O–H groups in total. The summed E-state index contributed by atoms with van der Waals surface area (Å²) in [4.78, 5) is 68.7. The summed E-state index contributed by atoms with van der Waals surface area (Å²) >= 11 is 0. The van der Waals surface area contributed by atoms with Gasteiger partial charge < -0.3 is 8.37 Å². The Morgan fingerprint density at radius 2 is 1.21 bits per heavy atom. The fraction of sp³-hybridized carbons (Fsp3) is 0.625. The molecule has 2 saturated heterocycles. The molecule has 18 heteroatoms. The van der Waals surface area contributed by atoms with Gasteiger partial charge in [-0.2, -0.15) is 27.0 Å². The number of carbonyl (C=O) groups is 6. The van der Waals surface area contributed by atoms with Crippen LogP contribution in [0.1, 0.15) is 51.4 Å². The second-order valence-corrected chi connectivity index (χ2v) is 10.7. The van der Waals surface area contributed by atoms with Gasteiger partial charge in [-0.1, -0.05) is 12.8 Å². The van der Waals surface area contributed by atoms with E-state index in [9.17, 15) is 45.6 Å². The SMILES string of the molecule is O=C(CCCCCCC(=[18O])OS(=O)(=O)C1CC(=O)N(O)C1=O)OS(=O)(=O)C1CC(=O)N(O)C1=O. The molecule has 0 spiro atoms. The number of rotatable bonds is 11. The molecule has 34 heavy (non-hydrogen) atoms. The van der Waals surface area contributed by atoms with E-state index in [0.29, 0.717) is 0 Å². The van der Waals surface area contributed by atoms with E-state index < -0.39 is 79.1 Å². The van der Waals surface area contributed by atoms with Crippen LogP contribution in [-0.2, 0) is 57.4 Å². The molecule has 0 radical (unpaired) electrons. The Balaban J connectivity index is 1.67. The Hall–Kier alpha value is -2.96. The zero-order valence-electron chi connectivity index (χ0n) is 17.3. The van der Waals surface area contributed by atoms with Gasteiger partial charge in [-0.15, -0.1) is 0 Å². The highest BCUT2D eigenvalue weighted by Crippen LogP contribution is 2.22. The van der Waals surface area contributed by atoms with Crippen LogP contribution in [0.15, 0.2) is 0 Å². The van der Waals surface area contributed by atoms with Gasteiger partial charge in [0, 0.05) is 12.8 Å². The molecule has 0 saturated carbocycles. The minimum atomic E-state index is -4.77. The lowest BCUT2D eigenvalue weighted by Crippen LogP contribution is -2.34. The van der Waals surface area contributed by atoms with Crippen LogP contribution >= 0.6 is 0 Å². The van der Waals surface area contributed by atoms with Crippen LogP contribution in [0.4, 0.5) is 0 Å². The molecule has 2 atom stereocenters. The summed E-state index contributed by atoms with van der Waals surface area (Å²) in [5.74, 6) is -7.56. The summed E-state index contributed by atoms with van der Waals surface area (Å²) in [5, 5.41) is 13.4. The smallest absolute Gasteiger partial charge is 0.324 e. The minimum absolute atomic E-state index is 0.108. The molecule has 190 valence electrons. The number of hydrogen-bond acceptors (Lipinski definition) is 14. The quantitative estimate of drug-likeness (QED) is 0.0976. The van der Waals surface area contributed by atoms with Gasteiger partial charge in [0.2, 0.25) is 0 Å². The third kappa shape index (κ3) is 6.33. The molecule has 2 rings (SSSR count). The van der Waals surface area contributed by atoms with Crippen molar-refractivity contribution >= 4 is 55.8 Å². The van der Waals surface area contributed by atoms with Crippen molar-refractivity contribution in [3.05, 3.63) is 0 Å². The Morgan fingerprint density at radius 3 is 1.62 bits per heavy atom. The predicted molar refractivity (Wildman–Crippen MR) is 102 cm³/mol. The van der Waals surface area contributed by atoms with Crippen LogP contribution in [0.2, 0.25) is 0 Å². The maximum Gasteiger partial charge on any atom is 0.324 e. The number of hydrogen-bond donors (Lipinski definition) is 2. The van der Waals surface area contributed by atoms with Gasteiger partial charge in [-0.05, 0) is 12.8 Å². The Bertz CT molecular complexity index is 1020. The van der Waals surface area contributed by atoms with E-state index in [1.54, 1.807) is 0 Å². The normalized spacial score (nSPS) is 21.4. The summed E-state index contributed by atoms with van der Waals surface area (Å²) in [6.07, 6.45) is -1.70. The van der Waals surface area contributed by atoms with E-state index in [-0.39, 0.29) is 48.7 Å². The second kappa shape index (κ2) is 10.5. The van der Waals surface area contributed by atoms with E-state index in [0.717, 1.165) is 0 Å². The van der Waals surface area contributed by atoms with E-state index in [1.807, 2.05) is 0 Å². The van der Waals surface area contributed by atoms with Crippen LogP contribution in [-0.4, -0.2) is 83.4 Å². The van der Waals surface area contributed by atoms with Crippen molar-refractivity contribution in [3.8, 4) is 0 Å². The number of amides is 4. The molecule has 0 aliphatic carbocycles. The summed E-state index contributed by atoms with van der Waals surface area (Å²) in [7, 11) is -9.54. The topological polar surface area (TPSA) is 236 Å². The van der Waals surface area contributed by atoms with Crippen molar-refractivity contribution < 1.29 is 64.4 Å². The molecule has 0 aromatic carbocycles. The van der Waals surface area contributed by atoms with Crippen LogP contribution < -0.4 is 0 Å². The average molecular weight is 530 g/mol. The van der Waals surface area contributed by atoms with Crippen molar-refractivity contribution in [1.82, 2.24) is 10.1 Å². The Labute approximate surface area is 192 Å². The van der Waals surface area contributed by atoms with Crippen molar-refractivity contribution in [1.29, 1.82) is 0 Å². The zero-order valence-corrected chi connectivity index (χ0v) is 18.9. The Morgan fingerprint density at radius 1 is 0.794 bits per heavy atom. The molecule has 4 amide bonds. The van der Waals surface area contributed by atoms with Gasteiger partial charge >= 0.3 is 32.2 Å². The Kier molecular flexibility index (Phi) is 8.45. The van der Waals surface area contributed by atoms with Crippen LogP contribution in [0.5, 0.6) is 0 Å². The molecule has 2 unspecified atom stereocenters. The lowest BCUT2D eigenvalue weighted by molar-refractivity contribution is -0.172. The number of nitrogens with zero attached hydrogens (tertiary/aromatic N) is 2. The molecular weight excluding hydrogens is 510 g/mol. The van der Waals surface area contributed by atoms with E-state index >= 15 is 0 Å². The summed E-state index contributed by atoms with van der Waals surface area (Å²) in [6, 6.07) is 0. The number of carbonyl (C=O) groups excluding carboxylic acids is 6. The molecular formula is C16H20N2O14S2. The highest BCUT2D eigenvalue weighted by molar-refractivity contribution is 7.89. The third-order valence-electron chi connectivity index (χ3n) is 4.79. The molecule has 2 aliphatic rings. The van der Waals surface area contributed by atoms with Crippen LogP contribution in [0.25, 0.3) is 0 Å². The standard InChI is InChI=1S/C16H20N2O14S2/c19-11-7-9(15(23)17(11)25)33(27,28)31-13(21)5-3-1-2-4-6-14(22)32-34(29,30)10-8-12(20)18(26)16(10)24/h9-10,25-26H,1-8H2/i21+2. The first-order chi connectivity index (χ1) is 15.7. The molecule has 0 aromatic heterocycles. The fourth-order valence-corrected chi connectivity index (χ4v) is 5.29. The fourth-order valence-electron chi connectivity index (χ4n) is 2.99. The maximum atomic E-state index is 11.9. The van der Waals surface area contributed by atoms with Gasteiger partial charge in [-0.3, -0.25) is 39.2 Å². The van der Waals surface area contributed by atoms with Gasteiger partial charge in [0.1, 0.15) is 0 Å². The summed E-state index contributed by atoms with van der Waals surface area (Å²) in [6.45, 7) is 0. The van der Waals surface area contributed by atoms with Crippen LogP contribution in [0, 0.1) is 0 Å². The van der Waals surface area contributed by atoms with E-state index in [1.165, 1.54) is 0 Å². The van der Waals surface area contributed by atoms with E-state index in [4.69, 9.17) is 10.4 Å². The first-order valence-corrected chi connectivity index (χ1v) is 12.6. The van der Waals surface area contributed by atoms with Crippen molar-refractivity contribution in [2.75, 3.05) is 0 Å². The van der Waals surface area contributed by atoms with Crippen molar-refractivity contribution in [2.24, 2.45) is 0 Å². The lowest BCUT2D eigenvalue weighted by Gasteiger charge is -2.10. The van der Waals surface area contributed by atoms with Gasteiger partial charge in [0.25, 0.3) is 23.6 Å². The zero-order chi connectivity index (χ0) is 25.8. The second-order valence-electron chi connectivity index (χ2n) is 7.28. The number of imide groups is 2. The summed E-state index contributed by atoms with van der Waals surface area (Å²) in [5.41, 5.74) is 0. The largest absolute Gasteiger partial charge is 0.345 e. The number of hydroxylamine groups is 4. The first kappa shape index (κ1) is 27.3. The van der Waals surface area contributed by atoms with Gasteiger partial charge in [-0.25, -0.2) is 0 Å². The molecule has 2 fully saturated rings. The third-order valence-corrected chi connectivity index (χ3v) is 7.75. The highest BCUT2D eigenvalue weighted by Gasteiger charge is 2.49. The average Bonchev–Trinajstić information content (AvgIpc) is 3.15. The maximum absolute atomic E-state index is 11.9. The summed E-state index contributed by atoms with van der Waals surface area (Å²) < 4.78 is 56.2. The van der Waals surface area contributed by atoms with E-state index in [2.05, 4.69) is 8.37 Å². The first-order valence-electron chi connectivity index (χ1n) is 9.71.